The lowest BCUT2D eigenvalue weighted by molar-refractivity contribution is -0.140. The van der Waals surface area contributed by atoms with Crippen molar-refractivity contribution in [2.75, 3.05) is 19.6 Å². The van der Waals surface area contributed by atoms with Crippen LogP contribution in [0.4, 0.5) is 0 Å². The molecule has 0 aromatic rings. The Balaban J connectivity index is 2.02. The summed E-state index contributed by atoms with van der Waals surface area (Å²) in [5.74, 6) is 0.906. The third-order valence-corrected chi connectivity index (χ3v) is 4.46. The average molecular weight is 239 g/mol. The van der Waals surface area contributed by atoms with Gasteiger partial charge in [0.25, 0.3) is 0 Å². The van der Waals surface area contributed by atoms with Gasteiger partial charge in [-0.1, -0.05) is 6.42 Å². The Hall–Kier alpha value is -0.610. The second-order valence-corrected chi connectivity index (χ2v) is 5.45. The van der Waals surface area contributed by atoms with Gasteiger partial charge in [-0.05, 0) is 44.6 Å². The minimum atomic E-state index is 0.173. The molecule has 1 amide bonds. The molecule has 0 aromatic carbocycles. The number of amides is 1. The minimum Gasteiger partial charge on any atom is -0.338 e. The first-order valence-electron chi connectivity index (χ1n) is 6.98. The molecule has 1 saturated heterocycles. The summed E-state index contributed by atoms with van der Waals surface area (Å²) < 4.78 is 0. The Kier molecular flexibility index (Phi) is 4.40. The van der Waals surface area contributed by atoms with Crippen molar-refractivity contribution >= 4 is 5.91 Å². The zero-order valence-corrected chi connectivity index (χ0v) is 10.6. The van der Waals surface area contributed by atoms with Crippen molar-refractivity contribution in [2.45, 2.75) is 44.6 Å². The van der Waals surface area contributed by atoms with Crippen LogP contribution in [-0.4, -0.2) is 36.5 Å². The highest BCUT2D eigenvalue weighted by molar-refractivity contribution is 5.80. The van der Waals surface area contributed by atoms with Crippen LogP contribution in [0.2, 0.25) is 0 Å². The summed E-state index contributed by atoms with van der Waals surface area (Å²) in [4.78, 5) is 14.6. The molecule has 1 aliphatic heterocycles. The highest BCUT2D eigenvalue weighted by Gasteiger charge is 2.37. The molecule has 4 nitrogen and oxygen atoms in total. The summed E-state index contributed by atoms with van der Waals surface area (Å²) in [6, 6.07) is 0.273. The maximum atomic E-state index is 12.6. The maximum Gasteiger partial charge on any atom is 0.226 e. The van der Waals surface area contributed by atoms with E-state index >= 15 is 0 Å². The molecular weight excluding hydrogens is 214 g/mol. The molecule has 0 aromatic heterocycles. The van der Waals surface area contributed by atoms with Crippen molar-refractivity contribution in [1.82, 2.24) is 4.90 Å². The number of rotatable bonds is 3. The summed E-state index contributed by atoms with van der Waals surface area (Å²) in [5.41, 5.74) is 11.5. The van der Waals surface area contributed by atoms with E-state index in [1.165, 1.54) is 6.42 Å². The van der Waals surface area contributed by atoms with Gasteiger partial charge >= 0.3 is 0 Å². The van der Waals surface area contributed by atoms with Gasteiger partial charge in [0.1, 0.15) is 0 Å². The lowest BCUT2D eigenvalue weighted by atomic mass is 9.92. The zero-order chi connectivity index (χ0) is 12.3. The van der Waals surface area contributed by atoms with Crippen LogP contribution in [0.15, 0.2) is 0 Å². The predicted octanol–water partition coefficient (Wildman–Crippen LogP) is 0.701. The summed E-state index contributed by atoms with van der Waals surface area (Å²) >= 11 is 0. The molecule has 0 radical (unpaired) electrons. The van der Waals surface area contributed by atoms with Crippen LogP contribution in [0.1, 0.15) is 38.5 Å². The van der Waals surface area contributed by atoms with Crippen molar-refractivity contribution in [3.05, 3.63) is 0 Å². The zero-order valence-electron chi connectivity index (χ0n) is 10.6. The predicted molar refractivity (Wildman–Crippen MR) is 68.3 cm³/mol. The van der Waals surface area contributed by atoms with E-state index < -0.39 is 0 Å². The van der Waals surface area contributed by atoms with Crippen LogP contribution in [0.25, 0.3) is 0 Å². The van der Waals surface area contributed by atoms with Crippen molar-refractivity contribution < 1.29 is 4.79 Å². The van der Waals surface area contributed by atoms with Crippen LogP contribution in [-0.2, 0) is 4.79 Å². The van der Waals surface area contributed by atoms with Gasteiger partial charge in [0.15, 0.2) is 0 Å². The Morgan fingerprint density at radius 2 is 1.88 bits per heavy atom. The lowest BCUT2D eigenvalue weighted by Gasteiger charge is -2.37. The number of hydrogen-bond donors (Lipinski definition) is 2. The minimum absolute atomic E-state index is 0.173. The highest BCUT2D eigenvalue weighted by Crippen LogP contribution is 2.33. The molecule has 17 heavy (non-hydrogen) atoms. The Morgan fingerprint density at radius 1 is 1.06 bits per heavy atom. The molecular formula is C13H25N3O. The van der Waals surface area contributed by atoms with Gasteiger partial charge in [0, 0.05) is 25.0 Å². The molecule has 1 heterocycles. The molecule has 4 N–H and O–H groups in total. The van der Waals surface area contributed by atoms with Crippen LogP contribution >= 0.6 is 0 Å². The fraction of sp³-hybridized carbons (Fsp3) is 0.923. The number of nitrogens with two attached hydrogens (primary N) is 2. The summed E-state index contributed by atoms with van der Waals surface area (Å²) in [7, 11) is 0. The number of carbonyl (C=O) groups excluding carboxylic acids is 1. The molecule has 0 spiro atoms. The molecule has 2 aliphatic rings. The largest absolute Gasteiger partial charge is 0.338 e. The molecule has 1 aliphatic carbocycles. The molecule has 2 fully saturated rings. The second kappa shape index (κ2) is 5.83. The van der Waals surface area contributed by atoms with Crippen LogP contribution < -0.4 is 11.5 Å². The summed E-state index contributed by atoms with van der Waals surface area (Å²) in [6.45, 7) is 2.15. The molecule has 0 bridgehead atoms. The van der Waals surface area contributed by atoms with E-state index in [-0.39, 0.29) is 12.0 Å². The first-order valence-corrected chi connectivity index (χ1v) is 6.98. The van der Waals surface area contributed by atoms with Gasteiger partial charge in [0.05, 0.1) is 0 Å². The molecule has 3 atom stereocenters. The van der Waals surface area contributed by atoms with Crippen molar-refractivity contribution in [1.29, 1.82) is 0 Å². The van der Waals surface area contributed by atoms with Gasteiger partial charge < -0.3 is 16.4 Å². The van der Waals surface area contributed by atoms with E-state index in [1.54, 1.807) is 0 Å². The topological polar surface area (TPSA) is 72.3 Å². The summed E-state index contributed by atoms with van der Waals surface area (Å²) in [6.07, 6.45) is 6.70. The molecule has 98 valence electrons. The number of hydrogen-bond acceptors (Lipinski definition) is 3. The molecule has 2 rings (SSSR count). The van der Waals surface area contributed by atoms with Crippen LogP contribution in [0.5, 0.6) is 0 Å². The van der Waals surface area contributed by atoms with Gasteiger partial charge in [-0.3, -0.25) is 4.79 Å². The van der Waals surface area contributed by atoms with E-state index in [1.807, 2.05) is 4.90 Å². The number of piperidine rings is 1. The number of nitrogens with zero attached hydrogens (tertiary/aromatic N) is 1. The second-order valence-electron chi connectivity index (χ2n) is 5.45. The third-order valence-electron chi connectivity index (χ3n) is 4.46. The molecule has 1 saturated carbocycles. The molecule has 1 unspecified atom stereocenters. The molecule has 4 heteroatoms. The van der Waals surface area contributed by atoms with Crippen molar-refractivity contribution in [2.24, 2.45) is 23.3 Å². The fourth-order valence-electron chi connectivity index (χ4n) is 3.39. The van der Waals surface area contributed by atoms with Gasteiger partial charge in [0.2, 0.25) is 5.91 Å². The standard InChI is InChI=1S/C13H25N3O/c14-8-10-4-3-6-12(10)13(17)16-7-2-1-5-11(16)9-15/h10-12H,1-9,14-15H2/t10-,11?,12-/m1/s1. The van der Waals surface area contributed by atoms with Gasteiger partial charge in [-0.2, -0.15) is 0 Å². The van der Waals surface area contributed by atoms with Crippen LogP contribution in [0, 0.1) is 11.8 Å². The van der Waals surface area contributed by atoms with E-state index in [9.17, 15) is 4.79 Å². The summed E-state index contributed by atoms with van der Waals surface area (Å²) in [5, 5.41) is 0. The third kappa shape index (κ3) is 2.63. The normalized spacial score (nSPS) is 34.0. The Bertz CT molecular complexity index is 269. The first kappa shape index (κ1) is 12.8. The van der Waals surface area contributed by atoms with Gasteiger partial charge in [-0.15, -0.1) is 0 Å². The maximum absolute atomic E-state index is 12.6. The Labute approximate surface area is 104 Å². The monoisotopic (exact) mass is 239 g/mol. The fourth-order valence-corrected chi connectivity index (χ4v) is 3.39. The Morgan fingerprint density at radius 3 is 2.59 bits per heavy atom. The quantitative estimate of drug-likeness (QED) is 0.761. The SMILES string of the molecule is NCC1CCCCN1C(=O)[C@@H]1CCC[C@@H]1CN. The smallest absolute Gasteiger partial charge is 0.226 e. The lowest BCUT2D eigenvalue weighted by Crippen LogP contribution is -2.50. The first-order chi connectivity index (χ1) is 8.27. The van der Waals surface area contributed by atoms with Gasteiger partial charge in [-0.25, -0.2) is 0 Å². The number of likely N-dealkylation sites (tertiary alicyclic amines) is 1. The van der Waals surface area contributed by atoms with Crippen molar-refractivity contribution in [3.63, 3.8) is 0 Å². The van der Waals surface area contributed by atoms with Crippen molar-refractivity contribution in [3.8, 4) is 0 Å². The average Bonchev–Trinajstić information content (AvgIpc) is 2.86. The van der Waals surface area contributed by atoms with E-state index in [0.29, 0.717) is 24.9 Å². The van der Waals surface area contributed by atoms with Crippen LogP contribution in [0.3, 0.4) is 0 Å². The van der Waals surface area contributed by atoms with E-state index in [4.69, 9.17) is 11.5 Å². The number of carbonyl (C=O) groups is 1. The highest BCUT2D eigenvalue weighted by atomic mass is 16.2. The van der Waals surface area contributed by atoms with E-state index in [2.05, 4.69) is 0 Å². The van der Waals surface area contributed by atoms with E-state index in [0.717, 1.165) is 38.6 Å².